The van der Waals surface area contributed by atoms with Gasteiger partial charge < -0.3 is 0 Å². The highest BCUT2D eigenvalue weighted by Gasteiger charge is 2.41. The molecule has 214 valence electrons. The molecule has 2 nitrogen and oxygen atoms in total. The van der Waals surface area contributed by atoms with E-state index in [4.69, 9.17) is 4.98 Å². The molecule has 0 unspecified atom stereocenters. The molecule has 0 bridgehead atoms. The van der Waals surface area contributed by atoms with Gasteiger partial charge in [-0.25, -0.2) is 4.98 Å². The summed E-state index contributed by atoms with van der Waals surface area (Å²) in [5.41, 5.74) is 21.8. The molecule has 46 heavy (non-hydrogen) atoms. The minimum atomic E-state index is -0.104. The summed E-state index contributed by atoms with van der Waals surface area (Å²) in [5, 5.41) is 5.07. The number of aryl methyl sites for hydroxylation is 1. The number of hydrogen-bond acceptors (Lipinski definition) is 1. The first-order chi connectivity index (χ1) is 22.0. The molecule has 6 aromatic carbocycles. The summed E-state index contributed by atoms with van der Waals surface area (Å²) in [6.07, 6.45) is 0. The van der Waals surface area contributed by atoms with Gasteiger partial charge in [0.15, 0.2) is 0 Å². The second-order valence-corrected chi connectivity index (χ2v) is 14.2. The van der Waals surface area contributed by atoms with Crippen molar-refractivity contribution in [3.63, 3.8) is 0 Å². The minimum absolute atomic E-state index is 0.104. The molecule has 7 aromatic rings. The Hall–Kier alpha value is -4.24. The van der Waals surface area contributed by atoms with E-state index in [1.165, 1.54) is 98.9 Å². The third-order valence-corrected chi connectivity index (χ3v) is 11.6. The Kier molecular flexibility index (Phi) is 6.27. The Morgan fingerprint density at radius 1 is 0.500 bits per heavy atom. The standard InChI is InChI=1S/C37H35B7N2/c1-16-45-21-14-8-9-15-22(21)46(16)36-19-12-6-4-10-17(19)23(18-11-5-7-13-20(18)36)26-29(38)27-24(30(39)32(26)41)25-28(37(27,2)3)33(42)35(44)34(43)31(25)40/h4-15H,38-44H2,1-3H3. The minimum Gasteiger partial charge on any atom is -0.295 e. The van der Waals surface area contributed by atoms with Gasteiger partial charge in [-0.05, 0) is 63.2 Å². The smallest absolute Gasteiger partial charge is 0.140 e. The van der Waals surface area contributed by atoms with E-state index < -0.39 is 0 Å². The molecule has 0 saturated heterocycles. The van der Waals surface area contributed by atoms with Crippen molar-refractivity contribution in [2.75, 3.05) is 0 Å². The van der Waals surface area contributed by atoms with Crippen molar-refractivity contribution in [2.45, 2.75) is 26.2 Å². The Balaban J connectivity index is 1.54. The molecule has 0 aliphatic heterocycles. The number of hydrogen-bond donors (Lipinski definition) is 0. The maximum atomic E-state index is 4.99. The Morgan fingerprint density at radius 2 is 0.957 bits per heavy atom. The topological polar surface area (TPSA) is 17.8 Å². The zero-order valence-corrected chi connectivity index (χ0v) is 28.8. The number of benzene rings is 6. The fourth-order valence-corrected chi connectivity index (χ4v) is 9.20. The number of fused-ring (bicyclic) bond motifs is 6. The maximum Gasteiger partial charge on any atom is 0.140 e. The molecule has 8 rings (SSSR count). The lowest BCUT2D eigenvalue weighted by Gasteiger charge is -2.30. The van der Waals surface area contributed by atoms with Crippen LogP contribution in [0.25, 0.3) is 60.5 Å². The average molecular weight is 583 g/mol. The predicted octanol–water partition coefficient (Wildman–Crippen LogP) is -2.58. The molecule has 0 atom stereocenters. The molecular weight excluding hydrogens is 548 g/mol. The van der Waals surface area contributed by atoms with Gasteiger partial charge in [-0.3, -0.25) is 4.57 Å². The van der Waals surface area contributed by atoms with Crippen molar-refractivity contribution in [3.05, 3.63) is 89.7 Å². The van der Waals surface area contributed by atoms with Crippen LogP contribution in [0.2, 0.25) is 0 Å². The third kappa shape index (κ3) is 3.60. The molecule has 0 fully saturated rings. The summed E-state index contributed by atoms with van der Waals surface area (Å²) in [7, 11) is 16.4. The number of aromatic nitrogens is 2. The molecule has 0 amide bonds. The Bertz CT molecular complexity index is 2440. The molecular formula is C37H35B7N2. The normalized spacial score (nSPS) is 13.5. The van der Waals surface area contributed by atoms with Crippen LogP contribution in [-0.2, 0) is 5.41 Å². The van der Waals surface area contributed by atoms with Gasteiger partial charge in [0, 0.05) is 16.2 Å². The lowest BCUT2D eigenvalue weighted by Crippen LogP contribution is -2.51. The van der Waals surface area contributed by atoms with E-state index in [9.17, 15) is 0 Å². The second kappa shape index (κ2) is 9.88. The Morgan fingerprint density at radius 3 is 1.57 bits per heavy atom. The van der Waals surface area contributed by atoms with Crippen LogP contribution in [0.1, 0.15) is 30.8 Å². The lowest BCUT2D eigenvalue weighted by atomic mass is 9.61. The molecule has 0 radical (unpaired) electrons. The van der Waals surface area contributed by atoms with Crippen LogP contribution in [-0.4, -0.2) is 64.5 Å². The highest BCUT2D eigenvalue weighted by atomic mass is 15.1. The number of imidazole rings is 1. The average Bonchev–Trinajstić information content (AvgIpc) is 3.51. The van der Waals surface area contributed by atoms with E-state index in [-0.39, 0.29) is 5.41 Å². The van der Waals surface area contributed by atoms with Crippen molar-refractivity contribution in [1.82, 2.24) is 9.55 Å². The van der Waals surface area contributed by atoms with Gasteiger partial charge in [0.2, 0.25) is 0 Å². The summed E-state index contributed by atoms with van der Waals surface area (Å²) in [5.74, 6) is 1.00. The summed E-state index contributed by atoms with van der Waals surface area (Å²) in [4.78, 5) is 4.99. The molecule has 0 spiro atoms. The van der Waals surface area contributed by atoms with Crippen molar-refractivity contribution >= 4 is 126 Å². The van der Waals surface area contributed by atoms with Gasteiger partial charge >= 0.3 is 0 Å². The van der Waals surface area contributed by atoms with Crippen molar-refractivity contribution in [1.29, 1.82) is 0 Å². The molecule has 1 aliphatic carbocycles. The van der Waals surface area contributed by atoms with E-state index in [1.807, 2.05) is 0 Å². The molecule has 0 saturated carbocycles. The van der Waals surface area contributed by atoms with Crippen LogP contribution >= 0.6 is 0 Å². The van der Waals surface area contributed by atoms with Gasteiger partial charge in [0.1, 0.15) is 60.7 Å². The van der Waals surface area contributed by atoms with Crippen molar-refractivity contribution < 1.29 is 0 Å². The predicted molar refractivity (Wildman–Crippen MR) is 221 cm³/mol. The van der Waals surface area contributed by atoms with Crippen LogP contribution in [0, 0.1) is 6.92 Å². The number of para-hydroxylation sites is 2. The zero-order valence-electron chi connectivity index (χ0n) is 28.8. The molecule has 1 aliphatic rings. The monoisotopic (exact) mass is 584 g/mol. The highest BCUT2D eigenvalue weighted by molar-refractivity contribution is 6.65. The van der Waals surface area contributed by atoms with Gasteiger partial charge in [0.25, 0.3) is 0 Å². The van der Waals surface area contributed by atoms with Gasteiger partial charge in [-0.15, -0.1) is 10.9 Å². The quantitative estimate of drug-likeness (QED) is 0.162. The first kappa shape index (κ1) is 29.2. The van der Waals surface area contributed by atoms with E-state index >= 15 is 0 Å². The summed E-state index contributed by atoms with van der Waals surface area (Å²) in [6, 6.07) is 26.5. The SMILES string of the molecule is Bc1c(B)c(B)c2c(c1B)-c1c(B)c(B)c(-c3c4ccccc4c(-n4c(C)nc5ccccc54)c4ccccc34)c(B)c1C2(C)C. The third-order valence-electron chi connectivity index (χ3n) is 11.6. The van der Waals surface area contributed by atoms with E-state index in [0.717, 1.165) is 16.9 Å². The second-order valence-electron chi connectivity index (χ2n) is 14.2. The van der Waals surface area contributed by atoms with Crippen molar-refractivity contribution in [3.8, 4) is 27.9 Å². The van der Waals surface area contributed by atoms with E-state index in [0.29, 0.717) is 0 Å². The number of rotatable bonds is 2. The molecule has 9 heteroatoms. The first-order valence-electron chi connectivity index (χ1n) is 16.6. The van der Waals surface area contributed by atoms with Gasteiger partial charge in [-0.1, -0.05) is 102 Å². The zero-order chi connectivity index (χ0) is 32.4. The van der Waals surface area contributed by atoms with Crippen LogP contribution in [0.15, 0.2) is 72.8 Å². The number of nitrogens with zero attached hydrogens (tertiary/aromatic N) is 2. The first-order valence-corrected chi connectivity index (χ1v) is 16.6. The van der Waals surface area contributed by atoms with E-state index in [1.54, 1.807) is 0 Å². The maximum absolute atomic E-state index is 4.99. The largest absolute Gasteiger partial charge is 0.295 e. The molecule has 1 aromatic heterocycles. The molecule has 1 heterocycles. The highest BCUT2D eigenvalue weighted by Crippen LogP contribution is 2.47. The summed E-state index contributed by atoms with van der Waals surface area (Å²) >= 11 is 0. The van der Waals surface area contributed by atoms with Crippen LogP contribution in [0.3, 0.4) is 0 Å². The fraction of sp³-hybridized carbons (Fsp3) is 0.108. The van der Waals surface area contributed by atoms with Crippen LogP contribution in [0.5, 0.6) is 0 Å². The summed E-state index contributed by atoms with van der Waals surface area (Å²) < 4.78 is 2.37. The van der Waals surface area contributed by atoms with Gasteiger partial charge in [0.05, 0.1) is 16.7 Å². The van der Waals surface area contributed by atoms with E-state index in [2.05, 4.69) is 153 Å². The summed E-state index contributed by atoms with van der Waals surface area (Å²) in [6.45, 7) is 7.04. The Labute approximate surface area is 278 Å². The van der Waals surface area contributed by atoms with Crippen LogP contribution < -0.4 is 38.2 Å². The fourth-order valence-electron chi connectivity index (χ4n) is 9.20. The van der Waals surface area contributed by atoms with Gasteiger partial charge in [-0.2, -0.15) is 0 Å². The van der Waals surface area contributed by atoms with Crippen LogP contribution in [0.4, 0.5) is 0 Å². The lowest BCUT2D eigenvalue weighted by molar-refractivity contribution is 0.670. The molecule has 0 N–H and O–H groups in total. The van der Waals surface area contributed by atoms with Crippen molar-refractivity contribution in [2.24, 2.45) is 0 Å².